The van der Waals surface area contributed by atoms with Gasteiger partial charge in [0, 0.05) is 21.7 Å². The number of alkyl halides is 3. The molecule has 0 aliphatic carbocycles. The van der Waals surface area contributed by atoms with E-state index >= 15 is 0 Å². The van der Waals surface area contributed by atoms with Gasteiger partial charge in [-0.3, -0.25) is 14.5 Å². The predicted octanol–water partition coefficient (Wildman–Crippen LogP) is 7.43. The summed E-state index contributed by atoms with van der Waals surface area (Å²) in [4.78, 5) is 31.4. The number of anilines is 1. The second-order valence-corrected chi connectivity index (χ2v) is 13.0. The number of amides is 2. The summed E-state index contributed by atoms with van der Waals surface area (Å²) in [6, 6.07) is 16.5. The van der Waals surface area contributed by atoms with Crippen LogP contribution in [0.4, 0.5) is 18.9 Å². The van der Waals surface area contributed by atoms with Crippen LogP contribution < -0.4 is 10.7 Å². The Balaban J connectivity index is 1.20. The van der Waals surface area contributed by atoms with Crippen molar-refractivity contribution >= 4 is 57.9 Å². The quantitative estimate of drug-likeness (QED) is 0.143. The average molecular weight is 752 g/mol. The van der Waals surface area contributed by atoms with E-state index in [1.54, 1.807) is 24.3 Å². The second kappa shape index (κ2) is 15.1. The highest BCUT2D eigenvalue weighted by atomic mass is 127. The number of rotatable bonds is 8. The zero-order valence-corrected chi connectivity index (χ0v) is 27.5. The normalized spacial score (nSPS) is 17.0. The SMILES string of the molecule is O=C(Nc1ccc(I)cc1C(=O)NN=Cc1ccc(Cl)c(C(F)(F)F)c1)c1cccc(CN2CCC(N3CCCCC3)CC2)c1. The van der Waals surface area contributed by atoms with E-state index in [0.717, 1.165) is 60.0 Å². The molecule has 0 saturated carbocycles. The van der Waals surface area contributed by atoms with Gasteiger partial charge in [-0.2, -0.15) is 18.3 Å². The summed E-state index contributed by atoms with van der Waals surface area (Å²) in [5.41, 5.74) is 3.40. The van der Waals surface area contributed by atoms with Crippen LogP contribution in [-0.2, 0) is 12.7 Å². The molecule has 7 nitrogen and oxygen atoms in total. The number of nitrogens with one attached hydrogen (secondary N) is 2. The fourth-order valence-corrected chi connectivity index (χ4v) is 6.59. The number of carbonyl (C=O) groups is 2. The highest BCUT2D eigenvalue weighted by Gasteiger charge is 2.33. The Labute approximate surface area is 279 Å². The number of benzene rings is 3. The molecule has 0 aromatic heterocycles. The van der Waals surface area contributed by atoms with Crippen LogP contribution in [0.5, 0.6) is 0 Å². The number of nitrogens with zero attached hydrogens (tertiary/aromatic N) is 3. The lowest BCUT2D eigenvalue weighted by Gasteiger charge is -2.40. The minimum absolute atomic E-state index is 0.106. The molecule has 0 atom stereocenters. The van der Waals surface area contributed by atoms with Crippen LogP contribution in [0.3, 0.4) is 0 Å². The van der Waals surface area contributed by atoms with Gasteiger partial charge in [-0.05, 0) is 128 Å². The summed E-state index contributed by atoms with van der Waals surface area (Å²) in [5.74, 6) is -0.993. The molecule has 2 fully saturated rings. The van der Waals surface area contributed by atoms with Gasteiger partial charge in [0.05, 0.1) is 28.1 Å². The van der Waals surface area contributed by atoms with Crippen LogP contribution in [-0.4, -0.2) is 60.0 Å². The summed E-state index contributed by atoms with van der Waals surface area (Å²) in [6.45, 7) is 5.26. The number of hydrogen-bond acceptors (Lipinski definition) is 5. The molecule has 2 amide bonds. The first-order valence-corrected chi connectivity index (χ1v) is 16.4. The Hall–Kier alpha value is -3.00. The summed E-state index contributed by atoms with van der Waals surface area (Å²) in [6.07, 6.45) is 2.74. The van der Waals surface area contributed by atoms with Crippen LogP contribution in [0.1, 0.15) is 69.5 Å². The molecule has 2 saturated heterocycles. The lowest BCUT2D eigenvalue weighted by Crippen LogP contribution is -2.46. The fraction of sp³-hybridized carbons (Fsp3) is 0.364. The molecule has 2 aliphatic heterocycles. The van der Waals surface area contributed by atoms with E-state index in [4.69, 9.17) is 11.6 Å². The first kappa shape index (κ1) is 33.4. The maximum Gasteiger partial charge on any atom is 0.417 e. The molecule has 3 aromatic rings. The van der Waals surface area contributed by atoms with Crippen molar-refractivity contribution in [2.75, 3.05) is 31.5 Å². The first-order chi connectivity index (χ1) is 21.6. The van der Waals surface area contributed by atoms with E-state index in [-0.39, 0.29) is 22.7 Å². The summed E-state index contributed by atoms with van der Waals surface area (Å²) < 4.78 is 40.3. The van der Waals surface area contributed by atoms with Gasteiger partial charge in [0.15, 0.2) is 0 Å². The van der Waals surface area contributed by atoms with Gasteiger partial charge in [-0.15, -0.1) is 0 Å². The smallest absolute Gasteiger partial charge is 0.321 e. The third kappa shape index (κ3) is 9.05. The van der Waals surface area contributed by atoms with Crippen molar-refractivity contribution in [2.24, 2.45) is 5.10 Å². The summed E-state index contributed by atoms with van der Waals surface area (Å²) in [7, 11) is 0. The maximum absolute atomic E-state index is 13.3. The topological polar surface area (TPSA) is 77.0 Å². The first-order valence-electron chi connectivity index (χ1n) is 14.9. The molecular weight excluding hydrogens is 718 g/mol. The van der Waals surface area contributed by atoms with Crippen LogP contribution in [0.15, 0.2) is 65.8 Å². The number of halogens is 5. The Kier molecular flexibility index (Phi) is 11.2. The zero-order chi connectivity index (χ0) is 32.0. The molecule has 2 N–H and O–H groups in total. The van der Waals surface area contributed by atoms with Gasteiger partial charge in [-0.25, -0.2) is 5.43 Å². The van der Waals surface area contributed by atoms with Crippen LogP contribution >= 0.6 is 34.2 Å². The molecule has 0 radical (unpaired) electrons. The third-order valence-electron chi connectivity index (χ3n) is 8.21. The van der Waals surface area contributed by atoms with Gasteiger partial charge in [0.1, 0.15) is 0 Å². The van der Waals surface area contributed by atoms with Crippen LogP contribution in [0, 0.1) is 3.57 Å². The predicted molar refractivity (Wildman–Crippen MR) is 179 cm³/mol. The van der Waals surface area contributed by atoms with Gasteiger partial charge in [-0.1, -0.05) is 36.2 Å². The number of hydrazone groups is 1. The number of piperidine rings is 2. The molecule has 238 valence electrons. The van der Waals surface area contributed by atoms with Crippen molar-refractivity contribution in [1.82, 2.24) is 15.2 Å². The molecule has 5 rings (SSSR count). The average Bonchev–Trinajstić information content (AvgIpc) is 3.03. The van der Waals surface area contributed by atoms with Crippen molar-refractivity contribution in [3.63, 3.8) is 0 Å². The van der Waals surface area contributed by atoms with Crippen molar-refractivity contribution < 1.29 is 22.8 Å². The summed E-state index contributed by atoms with van der Waals surface area (Å²) in [5, 5.41) is 6.22. The molecular formula is C33H34ClF3IN5O2. The van der Waals surface area contributed by atoms with E-state index in [1.807, 2.05) is 40.8 Å². The van der Waals surface area contributed by atoms with Crippen molar-refractivity contribution in [1.29, 1.82) is 0 Å². The van der Waals surface area contributed by atoms with E-state index in [2.05, 4.69) is 25.6 Å². The Morgan fingerprint density at radius 2 is 1.71 bits per heavy atom. The van der Waals surface area contributed by atoms with Gasteiger partial charge in [0.25, 0.3) is 11.8 Å². The van der Waals surface area contributed by atoms with Crippen molar-refractivity contribution in [3.05, 3.63) is 97.1 Å². The number of hydrogen-bond donors (Lipinski definition) is 2. The van der Waals surface area contributed by atoms with Crippen LogP contribution in [0.2, 0.25) is 5.02 Å². The highest BCUT2D eigenvalue weighted by molar-refractivity contribution is 14.1. The molecule has 3 aromatic carbocycles. The van der Waals surface area contributed by atoms with E-state index in [1.165, 1.54) is 38.4 Å². The van der Waals surface area contributed by atoms with Crippen molar-refractivity contribution in [3.8, 4) is 0 Å². The standard InChI is InChI=1S/C33H34ClF3IN5O2/c34-29-9-7-22(18-28(29)33(35,36)37)20-39-41-32(45)27-19-25(38)8-10-30(27)40-31(44)24-6-4-5-23(17-24)21-42-15-11-26(12-16-42)43-13-2-1-3-14-43/h4-10,17-20,26H,1-3,11-16,21H2,(H,40,44)(H,41,45). The van der Waals surface area contributed by atoms with Crippen molar-refractivity contribution in [2.45, 2.75) is 50.9 Å². The minimum Gasteiger partial charge on any atom is -0.321 e. The molecule has 0 spiro atoms. The number of carbonyl (C=O) groups excluding carboxylic acids is 2. The fourth-order valence-electron chi connectivity index (χ4n) is 5.87. The Morgan fingerprint density at radius 1 is 0.956 bits per heavy atom. The molecule has 12 heteroatoms. The number of likely N-dealkylation sites (tertiary alicyclic amines) is 2. The minimum atomic E-state index is -4.62. The molecule has 2 heterocycles. The molecule has 2 aliphatic rings. The largest absolute Gasteiger partial charge is 0.417 e. The van der Waals surface area contributed by atoms with Gasteiger partial charge in [0.2, 0.25) is 0 Å². The Bertz CT molecular complexity index is 1550. The summed E-state index contributed by atoms with van der Waals surface area (Å²) >= 11 is 7.72. The maximum atomic E-state index is 13.3. The van der Waals surface area contributed by atoms with Gasteiger partial charge >= 0.3 is 6.18 Å². The molecule has 0 unspecified atom stereocenters. The zero-order valence-electron chi connectivity index (χ0n) is 24.5. The monoisotopic (exact) mass is 751 g/mol. The Morgan fingerprint density at radius 3 is 2.44 bits per heavy atom. The van der Waals surface area contributed by atoms with E-state index < -0.39 is 22.7 Å². The van der Waals surface area contributed by atoms with E-state index in [0.29, 0.717) is 11.6 Å². The lowest BCUT2D eigenvalue weighted by molar-refractivity contribution is -0.137. The van der Waals surface area contributed by atoms with Gasteiger partial charge < -0.3 is 10.2 Å². The third-order valence-corrected chi connectivity index (χ3v) is 9.21. The lowest BCUT2D eigenvalue weighted by atomic mass is 9.99. The van der Waals surface area contributed by atoms with E-state index in [9.17, 15) is 22.8 Å². The highest BCUT2D eigenvalue weighted by Crippen LogP contribution is 2.35. The second-order valence-electron chi connectivity index (χ2n) is 11.4. The molecule has 45 heavy (non-hydrogen) atoms. The molecule has 0 bridgehead atoms. The van der Waals surface area contributed by atoms with Crippen LogP contribution in [0.25, 0.3) is 0 Å².